The zero-order valence-electron chi connectivity index (χ0n) is 13.4. The molecule has 0 amide bonds. The minimum Gasteiger partial charge on any atom is -0.404 e. The summed E-state index contributed by atoms with van der Waals surface area (Å²) in [5.74, 6) is -1.87. The molecule has 26 heavy (non-hydrogen) atoms. The quantitative estimate of drug-likeness (QED) is 0.506. The largest absolute Gasteiger partial charge is 0.435 e. The number of aryl methyl sites for hydroxylation is 1. The van der Waals surface area contributed by atoms with E-state index in [1.807, 2.05) is 0 Å². The summed E-state index contributed by atoms with van der Waals surface area (Å²) in [6, 6.07) is 11.6. The molecule has 1 aromatic heterocycles. The molecule has 3 rings (SSSR count). The Morgan fingerprint density at radius 2 is 1.77 bits per heavy atom. The van der Waals surface area contributed by atoms with Crippen LogP contribution in [0.25, 0.3) is 5.69 Å². The van der Waals surface area contributed by atoms with E-state index < -0.39 is 29.5 Å². The molecule has 0 aliphatic carbocycles. The number of carbonyl (C=O) groups excluding carboxylic acids is 1. The number of aromatic nitrogens is 2. The van der Waals surface area contributed by atoms with E-state index in [0.29, 0.717) is 11.8 Å². The van der Waals surface area contributed by atoms with Crippen LogP contribution in [0.3, 0.4) is 0 Å². The average molecular weight is 364 g/mol. The van der Waals surface area contributed by atoms with Crippen molar-refractivity contribution in [2.75, 3.05) is 0 Å². The molecule has 0 bridgehead atoms. The normalized spacial score (nSPS) is 11.4. The lowest BCUT2D eigenvalue weighted by atomic mass is 10.2. The predicted molar refractivity (Wildman–Crippen MR) is 84.7 cm³/mol. The van der Waals surface area contributed by atoms with Gasteiger partial charge < -0.3 is 4.74 Å². The Labute approximate surface area is 145 Å². The molecule has 0 unspecified atom stereocenters. The predicted octanol–water partition coefficient (Wildman–Crippen LogP) is 4.56. The van der Waals surface area contributed by atoms with Gasteiger partial charge in [0.1, 0.15) is 5.82 Å². The van der Waals surface area contributed by atoms with Crippen molar-refractivity contribution in [2.45, 2.75) is 13.1 Å². The summed E-state index contributed by atoms with van der Waals surface area (Å²) in [7, 11) is 0. The van der Waals surface area contributed by atoms with Gasteiger partial charge in [-0.15, -0.1) is 0 Å². The molecule has 0 saturated carbocycles. The van der Waals surface area contributed by atoms with Gasteiger partial charge >= 0.3 is 12.1 Å². The lowest BCUT2D eigenvalue weighted by molar-refractivity contribution is -0.141. The van der Waals surface area contributed by atoms with Crippen molar-refractivity contribution < 1.29 is 27.1 Å². The fraction of sp³-hybridized carbons (Fsp3) is 0.111. The Morgan fingerprint density at radius 3 is 2.38 bits per heavy atom. The molecule has 0 fully saturated rings. The van der Waals surface area contributed by atoms with Crippen molar-refractivity contribution in [3.8, 4) is 11.6 Å². The maximum Gasteiger partial charge on any atom is 0.435 e. The van der Waals surface area contributed by atoms with Crippen LogP contribution in [0.15, 0.2) is 54.6 Å². The fourth-order valence-electron chi connectivity index (χ4n) is 2.26. The molecule has 8 heteroatoms. The molecule has 4 nitrogen and oxygen atoms in total. The van der Waals surface area contributed by atoms with Gasteiger partial charge in [0.25, 0.3) is 0 Å². The maximum atomic E-state index is 13.0. The lowest BCUT2D eigenvalue weighted by Gasteiger charge is -2.08. The molecule has 0 saturated heterocycles. The average Bonchev–Trinajstić information content (AvgIpc) is 2.99. The highest BCUT2D eigenvalue weighted by Gasteiger charge is 2.36. The van der Waals surface area contributed by atoms with E-state index in [2.05, 4.69) is 5.10 Å². The monoisotopic (exact) mass is 364 g/mol. The third-order valence-electron chi connectivity index (χ3n) is 3.49. The highest BCUT2D eigenvalue weighted by Crippen LogP contribution is 2.32. The van der Waals surface area contributed by atoms with Gasteiger partial charge in [-0.3, -0.25) is 0 Å². The number of nitrogens with zero attached hydrogens (tertiary/aromatic N) is 2. The first-order valence-electron chi connectivity index (χ1n) is 7.46. The van der Waals surface area contributed by atoms with E-state index in [1.54, 1.807) is 25.1 Å². The number of ether oxygens (including phenoxy) is 1. The van der Waals surface area contributed by atoms with E-state index in [0.717, 1.165) is 22.4 Å². The summed E-state index contributed by atoms with van der Waals surface area (Å²) in [5, 5.41) is 3.51. The van der Waals surface area contributed by atoms with Crippen molar-refractivity contribution in [1.29, 1.82) is 0 Å². The van der Waals surface area contributed by atoms with Crippen LogP contribution in [-0.2, 0) is 6.18 Å². The van der Waals surface area contributed by atoms with Crippen LogP contribution < -0.4 is 4.74 Å². The fourth-order valence-corrected chi connectivity index (χ4v) is 2.26. The van der Waals surface area contributed by atoms with Crippen LogP contribution in [0, 0.1) is 12.7 Å². The zero-order valence-corrected chi connectivity index (χ0v) is 13.4. The van der Waals surface area contributed by atoms with E-state index in [4.69, 9.17) is 4.74 Å². The molecule has 3 aromatic rings. The van der Waals surface area contributed by atoms with Gasteiger partial charge in [-0.25, -0.2) is 13.9 Å². The smallest absolute Gasteiger partial charge is 0.404 e. The van der Waals surface area contributed by atoms with Gasteiger partial charge in [0, 0.05) is 6.07 Å². The van der Waals surface area contributed by atoms with Crippen molar-refractivity contribution in [1.82, 2.24) is 9.78 Å². The number of hydrogen-bond acceptors (Lipinski definition) is 3. The number of rotatable bonds is 3. The SMILES string of the molecule is Cc1cccc(-n2nc(C(F)(F)F)cc2OC(=O)c2ccc(F)cc2)c1. The molecule has 134 valence electrons. The Bertz CT molecular complexity index is 947. The highest BCUT2D eigenvalue weighted by molar-refractivity contribution is 5.90. The molecular formula is C18H12F4N2O2. The first-order valence-corrected chi connectivity index (χ1v) is 7.46. The third-order valence-corrected chi connectivity index (χ3v) is 3.49. The second kappa shape index (κ2) is 6.62. The van der Waals surface area contributed by atoms with Crippen LogP contribution in [0.2, 0.25) is 0 Å². The van der Waals surface area contributed by atoms with E-state index in [9.17, 15) is 22.4 Å². The Balaban J connectivity index is 2.00. The summed E-state index contributed by atoms with van der Waals surface area (Å²) in [6.45, 7) is 1.77. The lowest BCUT2D eigenvalue weighted by Crippen LogP contribution is -2.12. The van der Waals surface area contributed by atoms with Gasteiger partial charge in [-0.1, -0.05) is 12.1 Å². The van der Waals surface area contributed by atoms with Crippen molar-refractivity contribution in [2.24, 2.45) is 0 Å². The van der Waals surface area contributed by atoms with Crippen molar-refractivity contribution >= 4 is 5.97 Å². The molecule has 1 heterocycles. The molecule has 0 aliphatic heterocycles. The number of halogens is 4. The van der Waals surface area contributed by atoms with E-state index in [1.165, 1.54) is 18.2 Å². The summed E-state index contributed by atoms with van der Waals surface area (Å²) >= 11 is 0. The zero-order chi connectivity index (χ0) is 18.9. The molecule has 0 aliphatic rings. The molecule has 0 radical (unpaired) electrons. The van der Waals surface area contributed by atoms with Crippen LogP contribution in [-0.4, -0.2) is 15.7 Å². The van der Waals surface area contributed by atoms with Gasteiger partial charge in [0.15, 0.2) is 5.69 Å². The Morgan fingerprint density at radius 1 is 1.08 bits per heavy atom. The van der Waals surface area contributed by atoms with Gasteiger partial charge in [-0.2, -0.15) is 18.3 Å². The minimum absolute atomic E-state index is 0.00282. The van der Waals surface area contributed by atoms with Crippen LogP contribution in [0.1, 0.15) is 21.6 Å². The van der Waals surface area contributed by atoms with Crippen molar-refractivity contribution in [3.63, 3.8) is 0 Å². The Kier molecular flexibility index (Phi) is 4.50. The second-order valence-electron chi connectivity index (χ2n) is 5.51. The molecule has 0 N–H and O–H groups in total. The van der Waals surface area contributed by atoms with E-state index >= 15 is 0 Å². The summed E-state index contributed by atoms with van der Waals surface area (Å²) in [4.78, 5) is 12.2. The first kappa shape index (κ1) is 17.7. The molecule has 0 atom stereocenters. The summed E-state index contributed by atoms with van der Waals surface area (Å²) < 4.78 is 58.0. The number of hydrogen-bond donors (Lipinski definition) is 0. The minimum atomic E-state index is -4.70. The maximum absolute atomic E-state index is 13.0. The first-order chi connectivity index (χ1) is 12.2. The molecule has 0 spiro atoms. The van der Waals surface area contributed by atoms with Gasteiger partial charge in [-0.05, 0) is 48.9 Å². The summed E-state index contributed by atoms with van der Waals surface area (Å²) in [5.41, 5.74) is -0.0948. The number of benzene rings is 2. The second-order valence-corrected chi connectivity index (χ2v) is 5.51. The van der Waals surface area contributed by atoms with Crippen LogP contribution in [0.4, 0.5) is 17.6 Å². The topological polar surface area (TPSA) is 44.1 Å². The van der Waals surface area contributed by atoms with Crippen LogP contribution in [0.5, 0.6) is 5.88 Å². The van der Waals surface area contributed by atoms with Crippen LogP contribution >= 0.6 is 0 Å². The third kappa shape index (κ3) is 3.74. The number of esters is 1. The van der Waals surface area contributed by atoms with Gasteiger partial charge in [0.2, 0.25) is 5.88 Å². The number of alkyl halides is 3. The standard InChI is InChI=1S/C18H12F4N2O2/c1-11-3-2-4-14(9-11)24-16(10-15(23-24)18(20,21)22)26-17(25)12-5-7-13(19)8-6-12/h2-10H,1H3. The highest BCUT2D eigenvalue weighted by atomic mass is 19.4. The number of carbonyl (C=O) groups is 1. The van der Waals surface area contributed by atoms with Crippen molar-refractivity contribution in [3.05, 3.63) is 77.2 Å². The molecule has 2 aromatic carbocycles. The van der Waals surface area contributed by atoms with Gasteiger partial charge in [0.05, 0.1) is 11.3 Å². The molecular weight excluding hydrogens is 352 g/mol. The Hall–Kier alpha value is -3.16. The summed E-state index contributed by atoms with van der Waals surface area (Å²) in [6.07, 6.45) is -4.70. The van der Waals surface area contributed by atoms with E-state index in [-0.39, 0.29) is 5.56 Å².